The van der Waals surface area contributed by atoms with Gasteiger partial charge in [0.2, 0.25) is 0 Å². The van der Waals surface area contributed by atoms with Crippen molar-refractivity contribution >= 4 is 11.8 Å². The molecule has 0 aliphatic heterocycles. The largest absolute Gasteiger partial charge is 0.490 e. The van der Waals surface area contributed by atoms with E-state index in [9.17, 15) is 0 Å². The predicted octanol–water partition coefficient (Wildman–Crippen LogP) is 3.89. The van der Waals surface area contributed by atoms with Gasteiger partial charge in [-0.05, 0) is 50.8 Å². The lowest BCUT2D eigenvalue weighted by Crippen LogP contribution is -2.19. The zero-order chi connectivity index (χ0) is 14.8. The van der Waals surface area contributed by atoms with Gasteiger partial charge in [0.25, 0.3) is 0 Å². The Morgan fingerprint density at radius 2 is 1.80 bits per heavy atom. The molecular weight excluding hydrogens is 270 g/mol. The van der Waals surface area contributed by atoms with Gasteiger partial charge in [0.15, 0.2) is 11.5 Å². The van der Waals surface area contributed by atoms with Gasteiger partial charge in [-0.1, -0.05) is 13.0 Å². The maximum atomic E-state index is 5.69. The smallest absolute Gasteiger partial charge is 0.161 e. The molecule has 0 amide bonds. The molecule has 1 N–H and O–H groups in total. The van der Waals surface area contributed by atoms with E-state index in [4.69, 9.17) is 9.47 Å². The van der Waals surface area contributed by atoms with Crippen molar-refractivity contribution in [3.63, 3.8) is 0 Å². The van der Waals surface area contributed by atoms with Crippen molar-refractivity contribution in [2.75, 3.05) is 31.8 Å². The molecule has 1 aromatic carbocycles. The van der Waals surface area contributed by atoms with Crippen LogP contribution >= 0.6 is 11.8 Å². The fourth-order valence-corrected chi connectivity index (χ4v) is 3.03. The molecule has 0 aliphatic carbocycles. The maximum absolute atomic E-state index is 5.69. The van der Waals surface area contributed by atoms with Crippen molar-refractivity contribution in [1.29, 1.82) is 0 Å². The Balaban J connectivity index is 2.84. The SMILES string of the molecule is CCCSCC(NC)c1ccc(OCC)c(OCC)c1. The number of hydrogen-bond acceptors (Lipinski definition) is 4. The molecule has 0 aliphatic rings. The van der Waals surface area contributed by atoms with Crippen LogP contribution in [0.3, 0.4) is 0 Å². The molecule has 0 aromatic heterocycles. The molecule has 1 atom stereocenters. The molecule has 3 nitrogen and oxygen atoms in total. The Hall–Kier alpha value is -0.870. The number of nitrogens with one attached hydrogen (secondary N) is 1. The first-order valence-electron chi connectivity index (χ1n) is 7.41. The van der Waals surface area contributed by atoms with Gasteiger partial charge in [-0.25, -0.2) is 0 Å². The average molecular weight is 297 g/mol. The summed E-state index contributed by atoms with van der Waals surface area (Å²) in [6.45, 7) is 7.50. The van der Waals surface area contributed by atoms with Gasteiger partial charge in [-0.15, -0.1) is 0 Å². The minimum atomic E-state index is 0.349. The zero-order valence-corrected chi connectivity index (χ0v) is 13.9. The number of thioether (sulfide) groups is 1. The second kappa shape index (κ2) is 9.94. The molecule has 1 aromatic rings. The summed E-state index contributed by atoms with van der Waals surface area (Å²) in [5, 5.41) is 3.38. The molecule has 0 fully saturated rings. The summed E-state index contributed by atoms with van der Waals surface area (Å²) in [4.78, 5) is 0. The highest BCUT2D eigenvalue weighted by Gasteiger charge is 2.13. The van der Waals surface area contributed by atoms with Crippen LogP contribution in [0.25, 0.3) is 0 Å². The quantitative estimate of drug-likeness (QED) is 0.664. The summed E-state index contributed by atoms with van der Waals surface area (Å²) >= 11 is 1.98. The van der Waals surface area contributed by atoms with Crippen LogP contribution in [0.4, 0.5) is 0 Å². The standard InChI is InChI=1S/C16H27NO2S/c1-5-10-20-12-14(17-4)13-8-9-15(18-6-2)16(11-13)19-7-3/h8-9,11,14,17H,5-7,10,12H2,1-4H3. The first-order valence-corrected chi connectivity index (χ1v) is 8.56. The number of hydrogen-bond donors (Lipinski definition) is 1. The van der Waals surface area contributed by atoms with E-state index < -0.39 is 0 Å². The highest BCUT2D eigenvalue weighted by molar-refractivity contribution is 7.99. The lowest BCUT2D eigenvalue weighted by atomic mass is 10.1. The molecule has 0 saturated carbocycles. The van der Waals surface area contributed by atoms with Gasteiger partial charge in [0.1, 0.15) is 0 Å². The summed E-state index contributed by atoms with van der Waals surface area (Å²) in [5.41, 5.74) is 1.25. The molecule has 1 unspecified atom stereocenters. The van der Waals surface area contributed by atoms with Crippen molar-refractivity contribution < 1.29 is 9.47 Å². The Labute approximate surface area is 127 Å². The van der Waals surface area contributed by atoms with Crippen LogP contribution in [0.1, 0.15) is 38.8 Å². The van der Waals surface area contributed by atoms with E-state index in [0.29, 0.717) is 19.3 Å². The normalized spacial score (nSPS) is 12.2. The maximum Gasteiger partial charge on any atom is 0.161 e. The Bertz CT molecular complexity index is 385. The highest BCUT2D eigenvalue weighted by Crippen LogP contribution is 2.31. The van der Waals surface area contributed by atoms with Crippen LogP contribution in [-0.4, -0.2) is 31.8 Å². The van der Waals surface area contributed by atoms with E-state index >= 15 is 0 Å². The Morgan fingerprint density at radius 3 is 2.40 bits per heavy atom. The Morgan fingerprint density at radius 1 is 1.10 bits per heavy atom. The third-order valence-corrected chi connectivity index (χ3v) is 4.22. The third-order valence-electron chi connectivity index (χ3n) is 2.95. The molecule has 0 spiro atoms. The number of benzene rings is 1. The monoisotopic (exact) mass is 297 g/mol. The average Bonchev–Trinajstić information content (AvgIpc) is 2.46. The topological polar surface area (TPSA) is 30.5 Å². The Kier molecular flexibility index (Phi) is 8.54. The van der Waals surface area contributed by atoms with Crippen molar-refractivity contribution in [2.45, 2.75) is 33.2 Å². The summed E-state index contributed by atoms with van der Waals surface area (Å²) in [6.07, 6.45) is 1.22. The van der Waals surface area contributed by atoms with E-state index in [-0.39, 0.29) is 0 Å². The van der Waals surface area contributed by atoms with E-state index in [1.165, 1.54) is 17.7 Å². The van der Waals surface area contributed by atoms with Crippen LogP contribution in [0.15, 0.2) is 18.2 Å². The molecule has 0 radical (unpaired) electrons. The van der Waals surface area contributed by atoms with E-state index in [1.807, 2.05) is 38.7 Å². The lowest BCUT2D eigenvalue weighted by Gasteiger charge is -2.19. The van der Waals surface area contributed by atoms with Crippen LogP contribution in [0.2, 0.25) is 0 Å². The summed E-state index contributed by atoms with van der Waals surface area (Å²) in [7, 11) is 2.01. The first kappa shape index (κ1) is 17.2. The molecule has 1 rings (SSSR count). The van der Waals surface area contributed by atoms with Crippen molar-refractivity contribution in [3.05, 3.63) is 23.8 Å². The van der Waals surface area contributed by atoms with E-state index in [0.717, 1.165) is 17.3 Å². The van der Waals surface area contributed by atoms with Crippen LogP contribution in [-0.2, 0) is 0 Å². The summed E-state index contributed by atoms with van der Waals surface area (Å²) in [6, 6.07) is 6.59. The van der Waals surface area contributed by atoms with Crippen molar-refractivity contribution in [3.8, 4) is 11.5 Å². The van der Waals surface area contributed by atoms with Gasteiger partial charge in [0, 0.05) is 11.8 Å². The van der Waals surface area contributed by atoms with Crippen LogP contribution < -0.4 is 14.8 Å². The fourth-order valence-electron chi connectivity index (χ4n) is 1.98. The zero-order valence-electron chi connectivity index (χ0n) is 13.1. The minimum Gasteiger partial charge on any atom is -0.490 e. The lowest BCUT2D eigenvalue weighted by molar-refractivity contribution is 0.287. The molecule has 0 bridgehead atoms. The molecule has 114 valence electrons. The van der Waals surface area contributed by atoms with Gasteiger partial charge in [0.05, 0.1) is 13.2 Å². The number of ether oxygens (including phenoxy) is 2. The fraction of sp³-hybridized carbons (Fsp3) is 0.625. The molecule has 20 heavy (non-hydrogen) atoms. The highest BCUT2D eigenvalue weighted by atomic mass is 32.2. The van der Waals surface area contributed by atoms with E-state index in [1.54, 1.807) is 0 Å². The first-order chi connectivity index (χ1) is 9.76. The van der Waals surface area contributed by atoms with Crippen LogP contribution in [0, 0.1) is 0 Å². The third kappa shape index (κ3) is 5.25. The molecule has 4 heteroatoms. The minimum absolute atomic E-state index is 0.349. The number of rotatable bonds is 10. The van der Waals surface area contributed by atoms with Crippen LogP contribution in [0.5, 0.6) is 11.5 Å². The predicted molar refractivity (Wildman–Crippen MR) is 88.2 cm³/mol. The van der Waals surface area contributed by atoms with Gasteiger partial charge in [-0.2, -0.15) is 11.8 Å². The molecule has 0 heterocycles. The van der Waals surface area contributed by atoms with Crippen molar-refractivity contribution in [2.24, 2.45) is 0 Å². The van der Waals surface area contributed by atoms with Gasteiger partial charge >= 0.3 is 0 Å². The molecular formula is C16H27NO2S. The molecule has 0 saturated heterocycles. The van der Waals surface area contributed by atoms with Gasteiger partial charge in [-0.3, -0.25) is 0 Å². The van der Waals surface area contributed by atoms with Crippen molar-refractivity contribution in [1.82, 2.24) is 5.32 Å². The van der Waals surface area contributed by atoms with Gasteiger partial charge < -0.3 is 14.8 Å². The summed E-state index contributed by atoms with van der Waals surface area (Å²) < 4.78 is 11.3. The second-order valence-electron chi connectivity index (χ2n) is 4.49. The second-order valence-corrected chi connectivity index (χ2v) is 5.64. The van der Waals surface area contributed by atoms with E-state index in [2.05, 4.69) is 24.4 Å². The summed E-state index contributed by atoms with van der Waals surface area (Å²) in [5.74, 6) is 3.94.